The lowest BCUT2D eigenvalue weighted by Crippen LogP contribution is -2.57. The molecule has 1 rings (SSSR count). The number of hydrogen-bond donors (Lipinski definition) is 0. The van der Waals surface area contributed by atoms with E-state index in [-0.39, 0.29) is 0 Å². The monoisotopic (exact) mass is 197 g/mol. The van der Waals surface area contributed by atoms with Crippen LogP contribution in [0.1, 0.15) is 13.3 Å². The van der Waals surface area contributed by atoms with Gasteiger partial charge >= 0.3 is 19.0 Å². The number of carbonyl (C=O) groups is 2. The molecule has 1 aliphatic rings. The third kappa shape index (κ3) is 1.47. The zero-order chi connectivity index (χ0) is 10.3. The van der Waals surface area contributed by atoms with E-state index >= 15 is 0 Å². The fraction of sp³-hybridized carbons (Fsp3) is 0.600. The molecule has 0 aromatic rings. The molecule has 0 aliphatic carbocycles. The van der Waals surface area contributed by atoms with Crippen molar-refractivity contribution in [2.24, 2.45) is 0 Å². The second-order valence-corrected chi connectivity index (χ2v) is 2.50. The molecule has 0 saturated carbocycles. The van der Waals surface area contributed by atoms with Gasteiger partial charge in [0.05, 0.1) is 0 Å². The molecule has 0 bridgehead atoms. The van der Waals surface area contributed by atoms with Crippen LogP contribution in [0.3, 0.4) is 0 Å². The van der Waals surface area contributed by atoms with Crippen molar-refractivity contribution in [3.63, 3.8) is 0 Å². The summed E-state index contributed by atoms with van der Waals surface area (Å²) in [6.07, 6.45) is -0.600. The fourth-order valence-electron chi connectivity index (χ4n) is 0.832. The van der Waals surface area contributed by atoms with Crippen LogP contribution in [0.2, 0.25) is 0 Å². The maximum Gasteiger partial charge on any atom is 0.729 e. The van der Waals surface area contributed by atoms with E-state index in [0.29, 0.717) is 0 Å². The van der Waals surface area contributed by atoms with Gasteiger partial charge in [0.15, 0.2) is 0 Å². The molecule has 4 nitrogen and oxygen atoms in total. The smallest absolute Gasteiger partial charge is 0.598 e. The number of rotatable bonds is 1. The van der Waals surface area contributed by atoms with Crippen LogP contribution >= 0.6 is 0 Å². The molecule has 0 N–H and O–H groups in total. The molecule has 74 valence electrons. The highest BCUT2D eigenvalue weighted by Gasteiger charge is 2.57. The van der Waals surface area contributed by atoms with Gasteiger partial charge in [0.2, 0.25) is 0 Å². The first-order valence-corrected chi connectivity index (χ1v) is 3.47. The van der Waals surface area contributed by atoms with Crippen molar-refractivity contribution in [1.82, 2.24) is 0 Å². The lowest BCUT2D eigenvalue weighted by atomic mass is 9.98. The van der Waals surface area contributed by atoms with Gasteiger partial charge in [0.1, 0.15) is 0 Å². The Kier molecular flexibility index (Phi) is 2.01. The second-order valence-electron chi connectivity index (χ2n) is 2.50. The van der Waals surface area contributed by atoms with Crippen LogP contribution in [-0.2, 0) is 18.9 Å². The molecule has 0 aromatic heterocycles. The van der Waals surface area contributed by atoms with E-state index in [4.69, 9.17) is 0 Å². The van der Waals surface area contributed by atoms with E-state index in [1.54, 1.807) is 0 Å². The van der Waals surface area contributed by atoms with Gasteiger partial charge in [-0.05, 0) is 0 Å². The first-order valence-electron chi connectivity index (χ1n) is 3.47. The van der Waals surface area contributed by atoms with Crippen molar-refractivity contribution < 1.29 is 31.9 Å². The summed E-state index contributed by atoms with van der Waals surface area (Å²) in [6.45, 7) is 1.14. The molecule has 8 heteroatoms. The Morgan fingerprint density at radius 3 is 2.00 bits per heavy atom. The molecule has 1 aliphatic heterocycles. The quantitative estimate of drug-likeness (QED) is 0.455. The standard InChI is InChI=1S/C5H5BF3O4/c1-2-5(7)3(10)12-6(8,9)13-4(5)11/h2H2,1H3/q-1. The highest BCUT2D eigenvalue weighted by atomic mass is 19.3. The van der Waals surface area contributed by atoms with Gasteiger partial charge in [-0.3, -0.25) is 9.59 Å². The minimum Gasteiger partial charge on any atom is -0.598 e. The van der Waals surface area contributed by atoms with Crippen LogP contribution in [0.5, 0.6) is 0 Å². The molecule has 1 fully saturated rings. The summed E-state index contributed by atoms with van der Waals surface area (Å²) in [5.74, 6) is -3.78. The number of hydrogen-bond acceptors (Lipinski definition) is 4. The van der Waals surface area contributed by atoms with Crippen LogP contribution in [-0.4, -0.2) is 24.7 Å². The number of halogens is 3. The fourth-order valence-corrected chi connectivity index (χ4v) is 0.832. The first-order chi connectivity index (χ1) is 5.82. The predicted octanol–water partition coefficient (Wildman–Crippen LogP) is 0.579. The Labute approximate surface area is 71.1 Å². The molecule has 1 heterocycles. The number of carbonyl (C=O) groups excluding carboxylic acids is 2. The highest BCUT2D eigenvalue weighted by Crippen LogP contribution is 2.30. The van der Waals surface area contributed by atoms with Crippen molar-refractivity contribution in [1.29, 1.82) is 0 Å². The van der Waals surface area contributed by atoms with E-state index in [1.807, 2.05) is 0 Å². The first kappa shape index (κ1) is 9.88. The van der Waals surface area contributed by atoms with Gasteiger partial charge in [0.25, 0.3) is 5.67 Å². The summed E-state index contributed by atoms with van der Waals surface area (Å²) in [6, 6.07) is 0. The Balaban J connectivity index is 2.96. The molecular weight excluding hydrogens is 192 g/mol. The van der Waals surface area contributed by atoms with Gasteiger partial charge in [-0.2, -0.15) is 0 Å². The molecule has 0 radical (unpaired) electrons. The van der Waals surface area contributed by atoms with Crippen LogP contribution < -0.4 is 0 Å². The van der Waals surface area contributed by atoms with Gasteiger partial charge in [0, 0.05) is 6.42 Å². The van der Waals surface area contributed by atoms with Gasteiger partial charge in [-0.1, -0.05) is 6.92 Å². The van der Waals surface area contributed by atoms with E-state index in [0.717, 1.165) is 6.92 Å². The normalized spacial score (nSPS) is 24.9. The lowest BCUT2D eigenvalue weighted by Gasteiger charge is -2.36. The van der Waals surface area contributed by atoms with Crippen LogP contribution in [0.25, 0.3) is 0 Å². The van der Waals surface area contributed by atoms with Gasteiger partial charge in [-0.15, -0.1) is 0 Å². The summed E-state index contributed by atoms with van der Waals surface area (Å²) in [4.78, 5) is 21.2. The Hall–Kier alpha value is -1.21. The minimum atomic E-state index is -4.99. The minimum absolute atomic E-state index is 0.600. The average molecular weight is 197 g/mol. The van der Waals surface area contributed by atoms with Crippen molar-refractivity contribution in [2.75, 3.05) is 0 Å². The number of alkyl halides is 1. The largest absolute Gasteiger partial charge is 0.729 e. The summed E-state index contributed by atoms with van der Waals surface area (Å²) in [5.41, 5.74) is -3.09. The average Bonchev–Trinajstić information content (AvgIpc) is 1.98. The Morgan fingerprint density at radius 2 is 1.69 bits per heavy atom. The summed E-state index contributed by atoms with van der Waals surface area (Å²) in [5, 5.41) is 0. The van der Waals surface area contributed by atoms with Crippen molar-refractivity contribution >= 4 is 19.0 Å². The summed E-state index contributed by atoms with van der Waals surface area (Å²) in [7, 11) is -4.99. The zero-order valence-corrected chi connectivity index (χ0v) is 6.55. The van der Waals surface area contributed by atoms with Gasteiger partial charge in [-0.25, -0.2) is 4.39 Å². The predicted molar refractivity (Wildman–Crippen MR) is 34.3 cm³/mol. The molecule has 0 amide bonds. The highest BCUT2D eigenvalue weighted by molar-refractivity contribution is 6.58. The van der Waals surface area contributed by atoms with E-state index in [9.17, 15) is 22.6 Å². The van der Waals surface area contributed by atoms with Crippen molar-refractivity contribution in [2.45, 2.75) is 19.0 Å². The maximum absolute atomic E-state index is 13.2. The van der Waals surface area contributed by atoms with E-state index < -0.39 is 31.1 Å². The molecule has 0 aromatic carbocycles. The van der Waals surface area contributed by atoms with Crippen molar-refractivity contribution in [3.05, 3.63) is 0 Å². The SMILES string of the molecule is CCC1(F)C(=O)O[B-](F)(F)OC1=O. The molecular formula is C5H5BF3O4-. The van der Waals surface area contributed by atoms with E-state index in [1.165, 1.54) is 0 Å². The Bertz CT molecular complexity index is 247. The Morgan fingerprint density at radius 1 is 1.31 bits per heavy atom. The van der Waals surface area contributed by atoms with E-state index in [2.05, 4.69) is 9.31 Å². The third-order valence-corrected chi connectivity index (χ3v) is 1.62. The summed E-state index contributed by atoms with van der Waals surface area (Å²) >= 11 is 0. The zero-order valence-electron chi connectivity index (χ0n) is 6.55. The molecule has 0 spiro atoms. The van der Waals surface area contributed by atoms with Crippen LogP contribution in [0.4, 0.5) is 13.0 Å². The van der Waals surface area contributed by atoms with Crippen LogP contribution in [0, 0.1) is 0 Å². The second kappa shape index (κ2) is 2.64. The topological polar surface area (TPSA) is 52.6 Å². The van der Waals surface area contributed by atoms with Gasteiger partial charge < -0.3 is 17.9 Å². The molecule has 0 atom stereocenters. The van der Waals surface area contributed by atoms with Crippen LogP contribution in [0.15, 0.2) is 0 Å². The molecule has 0 unspecified atom stereocenters. The summed E-state index contributed by atoms with van der Waals surface area (Å²) < 4.78 is 44.2. The maximum atomic E-state index is 13.2. The van der Waals surface area contributed by atoms with Crippen molar-refractivity contribution in [3.8, 4) is 0 Å². The molecule has 1 saturated heterocycles. The lowest BCUT2D eigenvalue weighted by molar-refractivity contribution is -0.178. The third-order valence-electron chi connectivity index (χ3n) is 1.62. The molecule has 13 heavy (non-hydrogen) atoms.